The number of aliphatic hydroxyl groups is 1. The molecule has 10 heteroatoms. The van der Waals surface area contributed by atoms with Crippen molar-refractivity contribution < 1.29 is 19.1 Å². The lowest BCUT2D eigenvalue weighted by Gasteiger charge is -2.29. The van der Waals surface area contributed by atoms with Gasteiger partial charge in [-0.05, 0) is 79.4 Å². The third kappa shape index (κ3) is 7.71. The van der Waals surface area contributed by atoms with E-state index in [-0.39, 0.29) is 12.1 Å². The molecule has 0 aliphatic carbocycles. The van der Waals surface area contributed by atoms with Crippen LogP contribution in [0.2, 0.25) is 0 Å². The number of ether oxygens (including phenoxy) is 1. The van der Waals surface area contributed by atoms with Crippen molar-refractivity contribution in [2.45, 2.75) is 25.4 Å². The highest BCUT2D eigenvalue weighted by molar-refractivity contribution is 5.99. The van der Waals surface area contributed by atoms with E-state index in [4.69, 9.17) is 9.15 Å². The highest BCUT2D eigenvalue weighted by Gasteiger charge is 2.17. The van der Waals surface area contributed by atoms with Crippen molar-refractivity contribution in [2.75, 3.05) is 48.7 Å². The van der Waals surface area contributed by atoms with E-state index >= 15 is 0 Å². The molecule has 10 nitrogen and oxygen atoms in total. The molecule has 2 aromatic heterocycles. The Kier molecular flexibility index (Phi) is 9.29. The van der Waals surface area contributed by atoms with E-state index < -0.39 is 0 Å². The smallest absolute Gasteiger partial charge is 0.323 e. The summed E-state index contributed by atoms with van der Waals surface area (Å²) in [4.78, 5) is 23.3. The van der Waals surface area contributed by atoms with Crippen molar-refractivity contribution in [3.63, 3.8) is 0 Å². The summed E-state index contributed by atoms with van der Waals surface area (Å²) >= 11 is 0. The van der Waals surface area contributed by atoms with E-state index in [1.807, 2.05) is 84.9 Å². The summed E-state index contributed by atoms with van der Waals surface area (Å²) in [5, 5.41) is 19.6. The molecule has 0 unspecified atom stereocenters. The molecule has 1 saturated heterocycles. The highest BCUT2D eigenvalue weighted by atomic mass is 16.5. The normalized spacial score (nSPS) is 13.9. The number of anilines is 3. The lowest BCUT2D eigenvalue weighted by Crippen LogP contribution is -2.38. The van der Waals surface area contributed by atoms with Gasteiger partial charge in [-0.15, -0.1) is 0 Å². The summed E-state index contributed by atoms with van der Waals surface area (Å²) in [5.41, 5.74) is 4.03. The van der Waals surface area contributed by atoms with Gasteiger partial charge in [0.1, 0.15) is 30.3 Å². The minimum Gasteiger partial charge on any atom is -0.492 e. The van der Waals surface area contributed by atoms with E-state index in [9.17, 15) is 9.90 Å². The molecule has 5 aromatic rings. The fourth-order valence-corrected chi connectivity index (χ4v) is 5.18. The van der Waals surface area contributed by atoms with Crippen LogP contribution in [0, 0.1) is 0 Å². The SMILES string of the molecule is O=C(Nc1ccccc1)Nc1ccc(CCNc2ncnc3oc(-c4ccc(OCCN5CCC(O)CC5)cc4)cc23)cc1. The molecule has 2 amide bonds. The largest absolute Gasteiger partial charge is 0.492 e. The third-order valence-electron chi connectivity index (χ3n) is 7.65. The van der Waals surface area contributed by atoms with Gasteiger partial charge in [-0.2, -0.15) is 0 Å². The number of carbonyl (C=O) groups excluding carboxylic acids is 1. The second-order valence-corrected chi connectivity index (χ2v) is 10.8. The first-order chi connectivity index (χ1) is 21.6. The maximum Gasteiger partial charge on any atom is 0.323 e. The summed E-state index contributed by atoms with van der Waals surface area (Å²) in [5.74, 6) is 2.23. The monoisotopic (exact) mass is 592 g/mol. The van der Waals surface area contributed by atoms with Crippen molar-refractivity contribution in [3.8, 4) is 17.1 Å². The van der Waals surface area contributed by atoms with Gasteiger partial charge >= 0.3 is 6.03 Å². The molecule has 0 atom stereocenters. The molecule has 0 bridgehead atoms. The fraction of sp³-hybridized carbons (Fsp3) is 0.265. The third-order valence-corrected chi connectivity index (χ3v) is 7.65. The summed E-state index contributed by atoms with van der Waals surface area (Å²) < 4.78 is 12.0. The molecule has 4 N–H and O–H groups in total. The van der Waals surface area contributed by atoms with Gasteiger partial charge in [0.2, 0.25) is 5.71 Å². The Morgan fingerprint density at radius 3 is 2.41 bits per heavy atom. The van der Waals surface area contributed by atoms with Gasteiger partial charge in [0.15, 0.2) is 0 Å². The molecule has 1 aliphatic rings. The number of hydrogen-bond acceptors (Lipinski definition) is 8. The first-order valence-electron chi connectivity index (χ1n) is 14.9. The number of nitrogens with one attached hydrogen (secondary N) is 3. The number of fused-ring (bicyclic) bond motifs is 1. The van der Waals surface area contributed by atoms with Crippen molar-refractivity contribution in [1.82, 2.24) is 14.9 Å². The van der Waals surface area contributed by atoms with Crippen LogP contribution in [0.4, 0.5) is 22.0 Å². The van der Waals surface area contributed by atoms with Crippen LogP contribution in [0.5, 0.6) is 5.75 Å². The number of amides is 2. The molecule has 3 heterocycles. The minimum absolute atomic E-state index is 0.161. The maximum absolute atomic E-state index is 12.2. The molecular weight excluding hydrogens is 556 g/mol. The second-order valence-electron chi connectivity index (χ2n) is 10.8. The standard InChI is InChI=1S/C34H36N6O4/c41-28-15-18-40(19-16-28)20-21-43-29-12-8-25(9-13-29)31-22-30-32(36-23-37-33(30)44-31)35-17-14-24-6-10-27(11-7-24)39-34(42)38-26-4-2-1-3-5-26/h1-13,22-23,28,41H,14-21H2,(H,35,36,37)(H2,38,39,42). The van der Waals surface area contributed by atoms with E-state index in [1.165, 1.54) is 6.33 Å². The predicted molar refractivity (Wildman–Crippen MR) is 172 cm³/mol. The molecule has 1 aliphatic heterocycles. The number of aliphatic hydroxyl groups excluding tert-OH is 1. The first kappa shape index (κ1) is 29.2. The molecule has 3 aromatic carbocycles. The summed E-state index contributed by atoms with van der Waals surface area (Å²) in [6.45, 7) is 3.95. The van der Waals surface area contributed by atoms with Gasteiger partial charge in [-0.3, -0.25) is 4.90 Å². The number of aromatic nitrogens is 2. The minimum atomic E-state index is -0.284. The Morgan fingerprint density at radius 1 is 0.932 bits per heavy atom. The van der Waals surface area contributed by atoms with E-state index in [0.29, 0.717) is 30.4 Å². The van der Waals surface area contributed by atoms with Crippen LogP contribution in [0.3, 0.4) is 0 Å². The van der Waals surface area contributed by atoms with Crippen LogP contribution in [0.15, 0.2) is 95.7 Å². The Morgan fingerprint density at radius 2 is 1.66 bits per heavy atom. The molecule has 0 radical (unpaired) electrons. The number of furan rings is 1. The number of para-hydroxylation sites is 1. The van der Waals surface area contributed by atoms with Crippen LogP contribution in [-0.4, -0.2) is 64.9 Å². The number of likely N-dealkylation sites (tertiary alicyclic amines) is 1. The zero-order valence-corrected chi connectivity index (χ0v) is 24.4. The number of hydrogen-bond donors (Lipinski definition) is 4. The van der Waals surface area contributed by atoms with Gasteiger partial charge < -0.3 is 30.2 Å². The Balaban J connectivity index is 0.993. The number of benzene rings is 3. The van der Waals surface area contributed by atoms with E-state index in [0.717, 1.165) is 72.5 Å². The Labute approximate surface area is 256 Å². The van der Waals surface area contributed by atoms with Crippen molar-refractivity contribution >= 4 is 34.3 Å². The van der Waals surface area contributed by atoms with Gasteiger partial charge in [-0.1, -0.05) is 30.3 Å². The molecule has 44 heavy (non-hydrogen) atoms. The molecular formula is C34H36N6O4. The van der Waals surface area contributed by atoms with Crippen LogP contribution in [-0.2, 0) is 6.42 Å². The fourth-order valence-electron chi connectivity index (χ4n) is 5.18. The zero-order chi connectivity index (χ0) is 30.1. The van der Waals surface area contributed by atoms with Crippen LogP contribution >= 0.6 is 0 Å². The number of urea groups is 1. The Hall–Kier alpha value is -4.93. The summed E-state index contributed by atoms with van der Waals surface area (Å²) in [6.07, 6.45) is 3.77. The number of rotatable bonds is 11. The topological polar surface area (TPSA) is 125 Å². The molecule has 1 fully saturated rings. The number of piperidine rings is 1. The van der Waals surface area contributed by atoms with Crippen molar-refractivity contribution in [2.24, 2.45) is 0 Å². The molecule has 226 valence electrons. The number of nitrogens with zero attached hydrogens (tertiary/aromatic N) is 3. The predicted octanol–water partition coefficient (Wildman–Crippen LogP) is 6.02. The average Bonchev–Trinajstić information content (AvgIpc) is 3.49. The van der Waals surface area contributed by atoms with Crippen LogP contribution < -0.4 is 20.7 Å². The summed E-state index contributed by atoms with van der Waals surface area (Å²) in [6, 6.07) is 26.6. The van der Waals surface area contributed by atoms with Crippen molar-refractivity contribution in [3.05, 3.63) is 96.8 Å². The molecule has 0 saturated carbocycles. The summed E-state index contributed by atoms with van der Waals surface area (Å²) in [7, 11) is 0. The van der Waals surface area contributed by atoms with Crippen molar-refractivity contribution in [1.29, 1.82) is 0 Å². The van der Waals surface area contributed by atoms with Gasteiger partial charge in [0.05, 0.1) is 11.5 Å². The van der Waals surface area contributed by atoms with Gasteiger partial charge in [0.25, 0.3) is 0 Å². The number of carbonyl (C=O) groups is 1. The van der Waals surface area contributed by atoms with Gasteiger partial charge in [0, 0.05) is 43.1 Å². The first-order valence-corrected chi connectivity index (χ1v) is 14.9. The molecule has 0 spiro atoms. The van der Waals surface area contributed by atoms with Gasteiger partial charge in [-0.25, -0.2) is 14.8 Å². The second kappa shape index (κ2) is 14.0. The highest BCUT2D eigenvalue weighted by Crippen LogP contribution is 2.31. The van der Waals surface area contributed by atoms with E-state index in [1.54, 1.807) is 0 Å². The Bertz CT molecular complexity index is 1650. The zero-order valence-electron chi connectivity index (χ0n) is 24.4. The van der Waals surface area contributed by atoms with Crippen LogP contribution in [0.25, 0.3) is 22.4 Å². The lowest BCUT2D eigenvalue weighted by atomic mass is 10.1. The quantitative estimate of drug-likeness (QED) is 0.147. The maximum atomic E-state index is 12.2. The van der Waals surface area contributed by atoms with Crippen LogP contribution in [0.1, 0.15) is 18.4 Å². The average molecular weight is 593 g/mol. The lowest BCUT2D eigenvalue weighted by molar-refractivity contribution is 0.0755. The van der Waals surface area contributed by atoms with E-state index in [2.05, 4.69) is 30.8 Å². The molecule has 6 rings (SSSR count).